The Morgan fingerprint density at radius 2 is 2.12 bits per heavy atom. The van der Waals surface area contributed by atoms with Crippen LogP contribution in [0.25, 0.3) is 11.3 Å². The number of carbonyl (C=O) groups is 1. The summed E-state index contributed by atoms with van der Waals surface area (Å²) in [6.45, 7) is 6.05. The Hall–Kier alpha value is -4.23. The van der Waals surface area contributed by atoms with E-state index in [1.807, 2.05) is 31.4 Å². The Bertz CT molecular complexity index is 1520. The predicted octanol–water partition coefficient (Wildman–Crippen LogP) is 3.31. The van der Waals surface area contributed by atoms with Gasteiger partial charge in [-0.25, -0.2) is 14.4 Å². The fraction of sp³-hybridized carbons (Fsp3) is 0.429. The first-order chi connectivity index (χ1) is 19.6. The van der Waals surface area contributed by atoms with Crippen LogP contribution in [-0.2, 0) is 19.0 Å². The molecule has 2 atom stereocenters. The lowest BCUT2D eigenvalue weighted by atomic mass is 9.96. The zero-order chi connectivity index (χ0) is 29.1. The summed E-state index contributed by atoms with van der Waals surface area (Å²) in [7, 11) is 1.83. The van der Waals surface area contributed by atoms with Crippen molar-refractivity contribution in [3.63, 3.8) is 0 Å². The number of benzene rings is 1. The Kier molecular flexibility index (Phi) is 8.08. The van der Waals surface area contributed by atoms with Gasteiger partial charge in [0.05, 0.1) is 35.1 Å². The highest BCUT2D eigenvalue weighted by atomic mass is 19.1. The number of amides is 1. The lowest BCUT2D eigenvalue weighted by molar-refractivity contribution is 0.0887. The summed E-state index contributed by atoms with van der Waals surface area (Å²) in [5, 5.41) is 28.2. The molecule has 1 aliphatic heterocycles. The molecule has 0 aliphatic carbocycles. The van der Waals surface area contributed by atoms with Crippen LogP contribution in [0, 0.1) is 0 Å². The smallest absolute Gasteiger partial charge is 0.309 e. The highest BCUT2D eigenvalue weighted by Crippen LogP contribution is 2.31. The van der Waals surface area contributed by atoms with Gasteiger partial charge in [-0.15, -0.1) is 10.2 Å². The fourth-order valence-corrected chi connectivity index (χ4v) is 4.77. The molecule has 0 bridgehead atoms. The maximum atomic E-state index is 13.4. The molecule has 0 radical (unpaired) electrons. The highest BCUT2D eigenvalue weighted by Gasteiger charge is 2.31. The molecule has 12 nitrogen and oxygen atoms in total. The molecule has 3 N–H and O–H groups in total. The average molecular weight is 564 g/mol. The summed E-state index contributed by atoms with van der Waals surface area (Å²) in [6.07, 6.45) is 5.32. The van der Waals surface area contributed by atoms with Gasteiger partial charge in [-0.1, -0.05) is 12.1 Å². The Morgan fingerprint density at radius 1 is 1.29 bits per heavy atom. The first-order valence-electron chi connectivity index (χ1n) is 13.4. The van der Waals surface area contributed by atoms with Crippen LogP contribution in [0.1, 0.15) is 60.9 Å². The molecule has 1 aliphatic rings. The normalized spacial score (nSPS) is 16.6. The summed E-state index contributed by atoms with van der Waals surface area (Å²) in [4.78, 5) is 24.3. The van der Waals surface area contributed by atoms with Gasteiger partial charge >= 0.3 is 11.8 Å². The molecule has 13 heteroatoms. The fourth-order valence-electron chi connectivity index (χ4n) is 4.77. The second kappa shape index (κ2) is 11.7. The molecule has 216 valence electrons. The van der Waals surface area contributed by atoms with E-state index in [-0.39, 0.29) is 17.8 Å². The molecule has 1 unspecified atom stereocenters. The number of anilines is 2. The molecule has 0 spiro atoms. The second-order valence-electron chi connectivity index (χ2n) is 11.0. The summed E-state index contributed by atoms with van der Waals surface area (Å²) in [6, 6.07) is 7.50. The number of alkyl halides is 1. The second-order valence-corrected chi connectivity index (χ2v) is 11.0. The Morgan fingerprint density at radius 3 is 2.85 bits per heavy atom. The van der Waals surface area contributed by atoms with Gasteiger partial charge in [-0.05, 0) is 50.5 Å². The van der Waals surface area contributed by atoms with Crippen LogP contribution in [0.2, 0.25) is 0 Å². The first kappa shape index (κ1) is 28.3. The van der Waals surface area contributed by atoms with Crippen LogP contribution in [0.4, 0.5) is 16.0 Å². The van der Waals surface area contributed by atoms with Crippen LogP contribution in [0.3, 0.4) is 0 Å². The number of hydrogen-bond donors (Lipinski definition) is 3. The number of β-amino-alcohol motifs (C(OH)–C–C–N with tert-alkyl or cyclic N) is 1. The SMILES string of the molecule is CC(O)CN1CC[C@H](NC(=O)c2nnc(C(C)(C)CF)o2)c2ccc(-c3ccnc(Nc4cnn(C)c4)n3)cc2C1. The third kappa shape index (κ3) is 6.57. The van der Waals surface area contributed by atoms with Gasteiger partial charge in [0.1, 0.15) is 6.67 Å². The standard InChI is InChI=1S/C28H34FN9O3/c1-17(39)13-38-10-8-23(33-24(40)25-35-36-26(41-25)28(2,3)16-29)21-6-5-18(11-19(21)14-38)22-7-9-30-27(34-22)32-20-12-31-37(4)15-20/h5-7,9,11-12,15,17,23,39H,8,10,13-14,16H2,1-4H3,(H,33,40)(H,30,32,34)/t17?,23-/m0/s1. The van der Waals surface area contributed by atoms with E-state index in [9.17, 15) is 14.3 Å². The van der Waals surface area contributed by atoms with E-state index >= 15 is 0 Å². The van der Waals surface area contributed by atoms with Crippen molar-refractivity contribution in [2.24, 2.45) is 7.05 Å². The zero-order valence-electron chi connectivity index (χ0n) is 23.5. The summed E-state index contributed by atoms with van der Waals surface area (Å²) < 4.78 is 20.6. The van der Waals surface area contributed by atoms with Crippen LogP contribution < -0.4 is 10.6 Å². The zero-order valence-corrected chi connectivity index (χ0v) is 23.5. The molecule has 1 aromatic carbocycles. The van der Waals surface area contributed by atoms with Gasteiger partial charge in [0.2, 0.25) is 11.8 Å². The molecule has 41 heavy (non-hydrogen) atoms. The van der Waals surface area contributed by atoms with E-state index < -0.39 is 24.1 Å². The number of aliphatic hydroxyl groups excluding tert-OH is 1. The van der Waals surface area contributed by atoms with Crippen LogP contribution >= 0.6 is 0 Å². The van der Waals surface area contributed by atoms with Crippen LogP contribution in [0.5, 0.6) is 0 Å². The van der Waals surface area contributed by atoms with Crippen molar-refractivity contribution >= 4 is 17.5 Å². The van der Waals surface area contributed by atoms with Crippen molar-refractivity contribution in [2.75, 3.05) is 25.1 Å². The van der Waals surface area contributed by atoms with Gasteiger partial charge in [0.15, 0.2) is 0 Å². The summed E-state index contributed by atoms with van der Waals surface area (Å²) in [5.74, 6) is -0.216. The molecule has 0 saturated carbocycles. The lowest BCUT2D eigenvalue weighted by Crippen LogP contribution is -2.32. The number of carbonyl (C=O) groups excluding carboxylic acids is 1. The number of nitrogens with one attached hydrogen (secondary N) is 2. The van der Waals surface area contributed by atoms with Crippen molar-refractivity contribution in [3.8, 4) is 11.3 Å². The van der Waals surface area contributed by atoms with Crippen LogP contribution in [0.15, 0.2) is 47.3 Å². The number of nitrogens with zero attached hydrogens (tertiary/aromatic N) is 7. The topological polar surface area (TPSA) is 147 Å². The van der Waals surface area contributed by atoms with E-state index in [0.29, 0.717) is 32.0 Å². The van der Waals surface area contributed by atoms with E-state index in [1.165, 1.54) is 0 Å². The molecular formula is C28H34FN9O3. The van der Waals surface area contributed by atoms with E-state index in [1.54, 1.807) is 37.8 Å². The molecule has 4 aromatic rings. The average Bonchev–Trinajstić information content (AvgIpc) is 3.57. The molecule has 1 amide bonds. The van der Waals surface area contributed by atoms with E-state index in [4.69, 9.17) is 4.42 Å². The van der Waals surface area contributed by atoms with Crippen molar-refractivity contribution in [1.82, 2.24) is 40.2 Å². The van der Waals surface area contributed by atoms with E-state index in [0.717, 1.165) is 28.1 Å². The van der Waals surface area contributed by atoms with Crippen molar-refractivity contribution in [2.45, 2.75) is 51.3 Å². The Labute approximate surface area is 237 Å². The predicted molar refractivity (Wildman–Crippen MR) is 149 cm³/mol. The minimum absolute atomic E-state index is 0.0707. The minimum atomic E-state index is -0.979. The lowest BCUT2D eigenvalue weighted by Gasteiger charge is -2.22. The third-order valence-corrected chi connectivity index (χ3v) is 6.92. The van der Waals surface area contributed by atoms with Gasteiger partial charge in [0.25, 0.3) is 0 Å². The molecular weight excluding hydrogens is 529 g/mol. The third-order valence-electron chi connectivity index (χ3n) is 6.92. The Balaban J connectivity index is 1.41. The molecule has 3 aromatic heterocycles. The first-order valence-corrected chi connectivity index (χ1v) is 13.4. The number of halogens is 1. The quantitative estimate of drug-likeness (QED) is 0.277. The number of rotatable bonds is 9. The van der Waals surface area contributed by atoms with Crippen molar-refractivity contribution in [3.05, 3.63) is 65.8 Å². The number of fused-ring (bicyclic) bond motifs is 1. The molecule has 0 saturated heterocycles. The van der Waals surface area contributed by atoms with Gasteiger partial charge in [-0.3, -0.25) is 14.4 Å². The summed E-state index contributed by atoms with van der Waals surface area (Å²) in [5.41, 5.74) is 3.36. The number of aryl methyl sites for hydroxylation is 1. The minimum Gasteiger partial charge on any atom is -0.416 e. The maximum absolute atomic E-state index is 13.4. The largest absolute Gasteiger partial charge is 0.416 e. The van der Waals surface area contributed by atoms with E-state index in [2.05, 4.69) is 46.9 Å². The van der Waals surface area contributed by atoms with Crippen molar-refractivity contribution < 1.29 is 18.7 Å². The number of hydrogen-bond acceptors (Lipinski definition) is 10. The highest BCUT2D eigenvalue weighted by molar-refractivity contribution is 5.89. The molecule has 4 heterocycles. The van der Waals surface area contributed by atoms with Crippen LogP contribution in [-0.4, -0.2) is 71.7 Å². The number of aromatic nitrogens is 6. The van der Waals surface area contributed by atoms with Gasteiger partial charge in [0, 0.05) is 44.6 Å². The monoisotopic (exact) mass is 563 g/mol. The summed E-state index contributed by atoms with van der Waals surface area (Å²) >= 11 is 0. The molecule has 5 rings (SSSR count). The molecule has 0 fully saturated rings. The van der Waals surface area contributed by atoms with Gasteiger partial charge < -0.3 is 20.2 Å². The number of aliphatic hydroxyl groups is 1. The van der Waals surface area contributed by atoms with Gasteiger partial charge in [-0.2, -0.15) is 5.10 Å². The van der Waals surface area contributed by atoms with Crippen molar-refractivity contribution in [1.29, 1.82) is 0 Å². The maximum Gasteiger partial charge on any atom is 0.309 e.